The van der Waals surface area contributed by atoms with Crippen molar-refractivity contribution in [2.45, 2.75) is 39.7 Å². The van der Waals surface area contributed by atoms with E-state index in [-0.39, 0.29) is 35.2 Å². The van der Waals surface area contributed by atoms with Crippen molar-refractivity contribution in [3.8, 4) is 0 Å². The number of hydrogen-bond acceptors (Lipinski definition) is 3. The molecule has 1 rings (SSSR count). The lowest BCUT2D eigenvalue weighted by Crippen LogP contribution is -2.43. The van der Waals surface area contributed by atoms with Crippen LogP contribution in [0, 0.1) is 17.3 Å². The fraction of sp³-hybridized carbons (Fsp3) is 0.600. The zero-order chi connectivity index (χ0) is 14.1. The van der Waals surface area contributed by atoms with Crippen LogP contribution < -0.4 is 0 Å². The standard InChI is InChI=1S/C15H22O3/c1-6-15(5,18)8-7-11-10(2)13(17)12(16)9-14(11,3)4/h6-8,10-11,18H,1,9H2,2-5H3/b8-7+. The topological polar surface area (TPSA) is 54.4 Å². The number of allylic oxidation sites excluding steroid dienone is 1. The molecule has 0 aromatic rings. The first-order valence-corrected chi connectivity index (χ1v) is 6.23. The second-order valence-electron chi connectivity index (χ2n) is 6.06. The van der Waals surface area contributed by atoms with Crippen LogP contribution in [0.15, 0.2) is 24.8 Å². The fourth-order valence-corrected chi connectivity index (χ4v) is 2.51. The Hall–Kier alpha value is -1.22. The molecule has 0 aromatic heterocycles. The average molecular weight is 250 g/mol. The van der Waals surface area contributed by atoms with Crippen LogP contribution in [-0.4, -0.2) is 22.3 Å². The van der Waals surface area contributed by atoms with Crippen LogP contribution in [0.4, 0.5) is 0 Å². The number of aliphatic hydroxyl groups is 1. The van der Waals surface area contributed by atoms with Gasteiger partial charge in [0.15, 0.2) is 5.78 Å². The molecule has 0 heterocycles. The van der Waals surface area contributed by atoms with E-state index in [0.717, 1.165) is 0 Å². The second-order valence-corrected chi connectivity index (χ2v) is 6.06. The van der Waals surface area contributed by atoms with Gasteiger partial charge < -0.3 is 5.11 Å². The van der Waals surface area contributed by atoms with Gasteiger partial charge in [0.25, 0.3) is 0 Å². The Balaban J connectivity index is 3.02. The van der Waals surface area contributed by atoms with Gasteiger partial charge in [0, 0.05) is 12.3 Å². The van der Waals surface area contributed by atoms with Crippen LogP contribution >= 0.6 is 0 Å². The van der Waals surface area contributed by atoms with E-state index in [4.69, 9.17) is 0 Å². The van der Waals surface area contributed by atoms with Crippen LogP contribution in [-0.2, 0) is 9.59 Å². The van der Waals surface area contributed by atoms with Gasteiger partial charge in [-0.1, -0.05) is 45.6 Å². The molecule has 100 valence electrons. The van der Waals surface area contributed by atoms with Crippen molar-refractivity contribution in [3.05, 3.63) is 24.8 Å². The lowest BCUT2D eigenvalue weighted by Gasteiger charge is -2.39. The number of hydrogen-bond donors (Lipinski definition) is 1. The zero-order valence-corrected chi connectivity index (χ0v) is 11.6. The van der Waals surface area contributed by atoms with Gasteiger partial charge in [0.1, 0.15) is 0 Å². The van der Waals surface area contributed by atoms with Crippen molar-refractivity contribution in [1.29, 1.82) is 0 Å². The van der Waals surface area contributed by atoms with Gasteiger partial charge in [-0.2, -0.15) is 0 Å². The summed E-state index contributed by atoms with van der Waals surface area (Å²) >= 11 is 0. The molecule has 0 radical (unpaired) electrons. The highest BCUT2D eigenvalue weighted by Gasteiger charge is 2.44. The molecule has 18 heavy (non-hydrogen) atoms. The Morgan fingerprint density at radius 1 is 1.44 bits per heavy atom. The van der Waals surface area contributed by atoms with Gasteiger partial charge in [-0.3, -0.25) is 9.59 Å². The molecule has 3 nitrogen and oxygen atoms in total. The molecule has 1 saturated carbocycles. The Labute approximate surface area is 109 Å². The molecule has 1 aliphatic carbocycles. The zero-order valence-electron chi connectivity index (χ0n) is 11.6. The highest BCUT2D eigenvalue weighted by Crippen LogP contribution is 2.42. The quantitative estimate of drug-likeness (QED) is 0.617. The minimum absolute atomic E-state index is 0.0471. The number of carbonyl (C=O) groups excluding carboxylic acids is 2. The van der Waals surface area contributed by atoms with E-state index in [1.165, 1.54) is 6.08 Å². The SMILES string of the molecule is C=CC(C)(O)/C=C/C1C(C)C(=O)C(=O)CC1(C)C. The third-order valence-corrected chi connectivity index (χ3v) is 3.80. The minimum Gasteiger partial charge on any atom is -0.382 e. The number of carbonyl (C=O) groups is 2. The van der Waals surface area contributed by atoms with Gasteiger partial charge in [0.05, 0.1) is 5.60 Å². The molecule has 0 saturated heterocycles. The summed E-state index contributed by atoms with van der Waals surface area (Å²) in [5, 5.41) is 9.87. The second kappa shape index (κ2) is 4.81. The monoisotopic (exact) mass is 250 g/mol. The average Bonchev–Trinajstić information content (AvgIpc) is 2.25. The van der Waals surface area contributed by atoms with Gasteiger partial charge >= 0.3 is 0 Å². The molecule has 0 aliphatic heterocycles. The molecule has 0 amide bonds. The predicted octanol–water partition coefficient (Wildman–Crippen LogP) is 2.30. The van der Waals surface area contributed by atoms with E-state index in [2.05, 4.69) is 6.58 Å². The van der Waals surface area contributed by atoms with E-state index in [0.29, 0.717) is 0 Å². The van der Waals surface area contributed by atoms with Crippen LogP contribution in [0.3, 0.4) is 0 Å². The lowest BCUT2D eigenvalue weighted by atomic mass is 9.63. The summed E-state index contributed by atoms with van der Waals surface area (Å²) < 4.78 is 0. The third-order valence-electron chi connectivity index (χ3n) is 3.80. The van der Waals surface area contributed by atoms with Crippen LogP contribution in [0.25, 0.3) is 0 Å². The van der Waals surface area contributed by atoms with Gasteiger partial charge in [-0.15, -0.1) is 0 Å². The van der Waals surface area contributed by atoms with Gasteiger partial charge in [-0.25, -0.2) is 0 Å². The van der Waals surface area contributed by atoms with E-state index in [1.807, 2.05) is 19.9 Å². The summed E-state index contributed by atoms with van der Waals surface area (Å²) in [5.74, 6) is -0.970. The number of rotatable bonds is 3. The Morgan fingerprint density at radius 3 is 2.50 bits per heavy atom. The normalized spacial score (nSPS) is 31.4. The molecule has 0 bridgehead atoms. The maximum absolute atomic E-state index is 11.8. The van der Waals surface area contributed by atoms with Crippen LogP contribution in [0.1, 0.15) is 34.1 Å². The summed E-state index contributed by atoms with van der Waals surface area (Å²) in [6.45, 7) is 10.9. The molecule has 3 unspecified atom stereocenters. The Kier molecular flexibility index (Phi) is 3.96. The van der Waals surface area contributed by atoms with Crippen molar-refractivity contribution < 1.29 is 14.7 Å². The molecule has 0 aromatic carbocycles. The summed E-state index contributed by atoms with van der Waals surface area (Å²) in [6, 6.07) is 0. The van der Waals surface area contributed by atoms with Crippen LogP contribution in [0.2, 0.25) is 0 Å². The van der Waals surface area contributed by atoms with Gasteiger partial charge in [0.2, 0.25) is 5.78 Å². The van der Waals surface area contributed by atoms with Crippen molar-refractivity contribution in [1.82, 2.24) is 0 Å². The number of Topliss-reactive ketones (excluding diaryl/α,β-unsaturated/α-hetero) is 2. The first-order valence-electron chi connectivity index (χ1n) is 6.23. The minimum atomic E-state index is -1.08. The molecule has 3 heteroatoms. The number of ketones is 2. The van der Waals surface area contributed by atoms with E-state index < -0.39 is 5.60 Å². The molecular formula is C15H22O3. The predicted molar refractivity (Wildman–Crippen MR) is 71.0 cm³/mol. The molecule has 3 atom stereocenters. The Bertz CT molecular complexity index is 402. The maximum Gasteiger partial charge on any atom is 0.201 e. The van der Waals surface area contributed by atoms with E-state index in [1.54, 1.807) is 19.9 Å². The first-order chi connectivity index (χ1) is 8.10. The van der Waals surface area contributed by atoms with Crippen LogP contribution in [0.5, 0.6) is 0 Å². The fourth-order valence-electron chi connectivity index (χ4n) is 2.51. The molecule has 1 fully saturated rings. The lowest BCUT2D eigenvalue weighted by molar-refractivity contribution is -0.145. The van der Waals surface area contributed by atoms with Gasteiger partial charge in [-0.05, 0) is 18.3 Å². The highest BCUT2D eigenvalue weighted by atomic mass is 16.3. The third kappa shape index (κ3) is 2.96. The van der Waals surface area contributed by atoms with Crippen molar-refractivity contribution in [2.24, 2.45) is 17.3 Å². The summed E-state index contributed by atoms with van der Waals surface area (Å²) in [5.41, 5.74) is -1.35. The van der Waals surface area contributed by atoms with Crippen molar-refractivity contribution in [2.75, 3.05) is 0 Å². The largest absolute Gasteiger partial charge is 0.382 e. The molecule has 1 N–H and O–H groups in total. The molecule has 0 spiro atoms. The van der Waals surface area contributed by atoms with Crippen molar-refractivity contribution >= 4 is 11.6 Å². The molecule has 1 aliphatic rings. The summed E-state index contributed by atoms with van der Waals surface area (Å²) in [4.78, 5) is 23.3. The smallest absolute Gasteiger partial charge is 0.201 e. The molecular weight excluding hydrogens is 228 g/mol. The van der Waals surface area contributed by atoms with E-state index in [9.17, 15) is 14.7 Å². The summed E-state index contributed by atoms with van der Waals surface area (Å²) in [6.07, 6.45) is 5.20. The maximum atomic E-state index is 11.8. The highest BCUT2D eigenvalue weighted by molar-refractivity contribution is 6.38. The first kappa shape index (κ1) is 14.8. The Morgan fingerprint density at radius 2 is 2.00 bits per heavy atom. The summed E-state index contributed by atoms with van der Waals surface area (Å²) in [7, 11) is 0. The van der Waals surface area contributed by atoms with Crippen molar-refractivity contribution in [3.63, 3.8) is 0 Å². The van der Waals surface area contributed by atoms with E-state index >= 15 is 0 Å².